The van der Waals surface area contributed by atoms with Gasteiger partial charge >= 0.3 is 0 Å². The lowest BCUT2D eigenvalue weighted by molar-refractivity contribution is 0.100. The van der Waals surface area contributed by atoms with Crippen molar-refractivity contribution in [3.63, 3.8) is 0 Å². The number of carbonyl (C=O) groups excluding carboxylic acids is 2. The Balaban J connectivity index is 1.22. The summed E-state index contributed by atoms with van der Waals surface area (Å²) in [5.74, 6) is -0.131. The number of carbonyl (C=O) groups is 2. The van der Waals surface area contributed by atoms with Gasteiger partial charge in [-0.15, -0.1) is 0 Å². The third-order valence-electron chi connectivity index (χ3n) is 8.49. The van der Waals surface area contributed by atoms with E-state index in [1.54, 1.807) is 31.2 Å². The molecule has 2 aromatic heterocycles. The first-order valence-electron chi connectivity index (χ1n) is 14.9. The standard InChI is InChI=1S/C32H36Cl2N8O3/c1-18(43)15-42-14-12-26-24(17-42)36-30(41(26)4)32(45)38-22-10-6-8-20(28(22)34)19-7-5-9-21(27(19)33)37-31(44)29-35-23-16-39(2)13-11-25(23)40(29)3/h5-10,18,43H,11-17H2,1-4H3,(H,37,44)(H,38,45). The Morgan fingerprint density at radius 3 is 1.82 bits per heavy atom. The van der Waals surface area contributed by atoms with E-state index >= 15 is 0 Å². The van der Waals surface area contributed by atoms with Crippen molar-refractivity contribution in [1.29, 1.82) is 0 Å². The molecule has 13 heteroatoms. The van der Waals surface area contributed by atoms with Crippen molar-refractivity contribution in [1.82, 2.24) is 28.9 Å². The van der Waals surface area contributed by atoms with E-state index in [0.717, 1.165) is 48.7 Å². The van der Waals surface area contributed by atoms with Crippen molar-refractivity contribution in [2.24, 2.45) is 14.1 Å². The van der Waals surface area contributed by atoms with E-state index in [1.807, 2.05) is 42.4 Å². The highest BCUT2D eigenvalue weighted by Gasteiger charge is 2.27. The van der Waals surface area contributed by atoms with Crippen LogP contribution in [-0.4, -0.2) is 78.6 Å². The van der Waals surface area contributed by atoms with Gasteiger partial charge in [0.25, 0.3) is 11.8 Å². The highest BCUT2D eigenvalue weighted by Crippen LogP contribution is 2.40. The van der Waals surface area contributed by atoms with E-state index in [9.17, 15) is 14.7 Å². The average Bonchev–Trinajstić information content (AvgIpc) is 3.50. The van der Waals surface area contributed by atoms with Crippen LogP contribution in [0.2, 0.25) is 10.0 Å². The molecule has 0 saturated carbocycles. The number of β-amino-alcohol motifs (C(OH)–C–C–N with tert-alkyl or cyclic N) is 1. The smallest absolute Gasteiger partial charge is 0.291 e. The molecule has 0 radical (unpaired) electrons. The van der Waals surface area contributed by atoms with Crippen LogP contribution in [0.1, 0.15) is 50.9 Å². The fourth-order valence-electron chi connectivity index (χ4n) is 6.21. The zero-order chi connectivity index (χ0) is 32.0. The monoisotopic (exact) mass is 650 g/mol. The summed E-state index contributed by atoms with van der Waals surface area (Å²) >= 11 is 13.7. The summed E-state index contributed by atoms with van der Waals surface area (Å²) in [7, 11) is 5.73. The second kappa shape index (κ2) is 12.6. The summed E-state index contributed by atoms with van der Waals surface area (Å²) in [4.78, 5) is 40.3. The third-order valence-corrected chi connectivity index (χ3v) is 9.31. The number of amides is 2. The Morgan fingerprint density at radius 2 is 1.31 bits per heavy atom. The molecule has 1 unspecified atom stereocenters. The number of imidazole rings is 2. The normalized spacial score (nSPS) is 15.8. The predicted molar refractivity (Wildman–Crippen MR) is 175 cm³/mol. The third kappa shape index (κ3) is 6.10. The van der Waals surface area contributed by atoms with Crippen LogP contribution in [0.5, 0.6) is 0 Å². The summed E-state index contributed by atoms with van der Waals surface area (Å²) in [5.41, 5.74) is 5.83. The van der Waals surface area contributed by atoms with Crippen molar-refractivity contribution in [3.8, 4) is 11.1 Å². The number of aliphatic hydroxyl groups is 1. The molecular weight excluding hydrogens is 615 g/mol. The Bertz CT molecular complexity index is 1800. The van der Waals surface area contributed by atoms with Gasteiger partial charge in [0.15, 0.2) is 11.6 Å². The van der Waals surface area contributed by atoms with Crippen LogP contribution in [0.25, 0.3) is 11.1 Å². The number of fused-ring (bicyclic) bond motifs is 2. The molecule has 1 atom stereocenters. The highest BCUT2D eigenvalue weighted by atomic mass is 35.5. The molecule has 0 bridgehead atoms. The molecule has 0 aliphatic carbocycles. The van der Waals surface area contributed by atoms with Crippen molar-refractivity contribution in [2.75, 3.05) is 37.3 Å². The van der Waals surface area contributed by atoms with Gasteiger partial charge in [-0.3, -0.25) is 14.5 Å². The van der Waals surface area contributed by atoms with Crippen LogP contribution >= 0.6 is 23.2 Å². The predicted octanol–water partition coefficient (Wildman–Crippen LogP) is 4.36. The lowest BCUT2D eigenvalue weighted by Crippen LogP contribution is -2.36. The van der Waals surface area contributed by atoms with Crippen molar-refractivity contribution < 1.29 is 14.7 Å². The summed E-state index contributed by atoms with van der Waals surface area (Å²) in [6.45, 7) is 5.28. The van der Waals surface area contributed by atoms with Crippen molar-refractivity contribution >= 4 is 46.4 Å². The van der Waals surface area contributed by atoms with Crippen LogP contribution in [0.15, 0.2) is 36.4 Å². The molecule has 11 nitrogen and oxygen atoms in total. The maximum Gasteiger partial charge on any atom is 0.291 e. The summed E-state index contributed by atoms with van der Waals surface area (Å²) in [5, 5.41) is 16.2. The van der Waals surface area contributed by atoms with Gasteiger partial charge in [-0.25, -0.2) is 9.97 Å². The summed E-state index contributed by atoms with van der Waals surface area (Å²) in [6.07, 6.45) is 1.13. The van der Waals surface area contributed by atoms with Gasteiger partial charge in [0.1, 0.15) is 0 Å². The minimum Gasteiger partial charge on any atom is -0.392 e. The molecule has 6 rings (SSSR count). The lowest BCUT2D eigenvalue weighted by Gasteiger charge is -2.27. The number of hydrogen-bond donors (Lipinski definition) is 3. The van der Waals surface area contributed by atoms with E-state index in [0.29, 0.717) is 58.0 Å². The van der Waals surface area contributed by atoms with Gasteiger partial charge in [0, 0.05) is 82.2 Å². The van der Waals surface area contributed by atoms with Crippen LogP contribution in [0.3, 0.4) is 0 Å². The Kier molecular flexibility index (Phi) is 8.73. The number of hydrogen-bond acceptors (Lipinski definition) is 7. The summed E-state index contributed by atoms with van der Waals surface area (Å²) in [6, 6.07) is 10.6. The van der Waals surface area contributed by atoms with Crippen LogP contribution in [0, 0.1) is 0 Å². The molecule has 2 aliphatic heterocycles. The maximum atomic E-state index is 13.4. The van der Waals surface area contributed by atoms with Crippen molar-refractivity contribution in [3.05, 3.63) is 80.9 Å². The fraction of sp³-hybridized carbons (Fsp3) is 0.375. The van der Waals surface area contributed by atoms with E-state index in [-0.39, 0.29) is 17.6 Å². The number of likely N-dealkylation sites (N-methyl/N-ethyl adjacent to an activating group) is 1. The van der Waals surface area contributed by atoms with Gasteiger partial charge < -0.3 is 29.8 Å². The number of rotatable bonds is 7. The van der Waals surface area contributed by atoms with Gasteiger partial charge in [0.05, 0.1) is 38.9 Å². The molecular formula is C32H36Cl2N8O3. The van der Waals surface area contributed by atoms with Gasteiger partial charge in [-0.05, 0) is 26.1 Å². The van der Waals surface area contributed by atoms with E-state index in [1.165, 1.54) is 0 Å². The maximum absolute atomic E-state index is 13.4. The second-order valence-electron chi connectivity index (χ2n) is 11.8. The Labute approximate surface area is 271 Å². The quantitative estimate of drug-likeness (QED) is 0.272. The molecule has 2 aromatic carbocycles. The number of aliphatic hydroxyl groups excluding tert-OH is 1. The molecule has 3 N–H and O–H groups in total. The average molecular weight is 652 g/mol. The zero-order valence-corrected chi connectivity index (χ0v) is 27.2. The van der Waals surface area contributed by atoms with Crippen LogP contribution in [-0.2, 0) is 40.0 Å². The van der Waals surface area contributed by atoms with E-state index in [4.69, 9.17) is 23.2 Å². The SMILES string of the molecule is CC(O)CN1CCc2c(nc(C(=O)Nc3cccc(-c4cccc(NC(=O)c5nc6c(n5C)CCN(C)C6)c4Cl)c3Cl)n2C)C1. The number of benzene rings is 2. The minimum absolute atomic E-state index is 0.283. The minimum atomic E-state index is -0.439. The van der Waals surface area contributed by atoms with Gasteiger partial charge in [-0.1, -0.05) is 47.5 Å². The molecule has 2 aliphatic rings. The number of nitrogens with one attached hydrogen (secondary N) is 2. The topological polar surface area (TPSA) is 121 Å². The first-order valence-corrected chi connectivity index (χ1v) is 15.6. The second-order valence-corrected chi connectivity index (χ2v) is 12.6. The number of anilines is 2. The molecule has 4 heterocycles. The molecule has 236 valence electrons. The van der Waals surface area contributed by atoms with E-state index < -0.39 is 6.10 Å². The molecule has 0 saturated heterocycles. The van der Waals surface area contributed by atoms with E-state index in [2.05, 4.69) is 30.4 Å². The molecule has 4 aromatic rings. The fourth-order valence-corrected chi connectivity index (χ4v) is 6.76. The van der Waals surface area contributed by atoms with Gasteiger partial charge in [0.2, 0.25) is 0 Å². The zero-order valence-electron chi connectivity index (χ0n) is 25.7. The lowest BCUT2D eigenvalue weighted by atomic mass is 10.0. The number of nitrogens with zero attached hydrogens (tertiary/aromatic N) is 6. The molecule has 45 heavy (non-hydrogen) atoms. The molecule has 0 fully saturated rings. The molecule has 2 amide bonds. The van der Waals surface area contributed by atoms with Crippen molar-refractivity contribution in [2.45, 2.75) is 39.0 Å². The largest absolute Gasteiger partial charge is 0.392 e. The summed E-state index contributed by atoms with van der Waals surface area (Å²) < 4.78 is 3.67. The van der Waals surface area contributed by atoms with Crippen LogP contribution < -0.4 is 10.6 Å². The Morgan fingerprint density at radius 1 is 0.822 bits per heavy atom. The highest BCUT2D eigenvalue weighted by molar-refractivity contribution is 6.40. The van der Waals surface area contributed by atoms with Crippen LogP contribution in [0.4, 0.5) is 11.4 Å². The molecule has 0 spiro atoms. The van der Waals surface area contributed by atoms with Gasteiger partial charge in [-0.2, -0.15) is 0 Å². The first-order chi connectivity index (χ1) is 21.5. The number of halogens is 2. The first kappa shape index (κ1) is 31.3. The Hall–Kier alpha value is -3.74. The number of aromatic nitrogens is 4.